The number of aryl methyl sites for hydroxylation is 1. The lowest BCUT2D eigenvalue weighted by Gasteiger charge is -2.25. The van der Waals surface area contributed by atoms with E-state index in [0.29, 0.717) is 12.8 Å². The van der Waals surface area contributed by atoms with Crippen LogP contribution in [0.4, 0.5) is 0 Å². The van der Waals surface area contributed by atoms with Crippen molar-refractivity contribution in [3.8, 4) is 0 Å². The summed E-state index contributed by atoms with van der Waals surface area (Å²) in [5, 5.41) is 12.1. The fourth-order valence-corrected chi connectivity index (χ4v) is 3.33. The highest BCUT2D eigenvalue weighted by atomic mass is 32.1. The molecule has 1 aromatic rings. The lowest BCUT2D eigenvalue weighted by molar-refractivity contribution is -0.147. The molecule has 108 valence electrons. The van der Waals surface area contributed by atoms with Crippen molar-refractivity contribution in [2.75, 3.05) is 0 Å². The summed E-state index contributed by atoms with van der Waals surface area (Å²) >= 11 is 1.65. The zero-order valence-corrected chi connectivity index (χ0v) is 12.4. The number of carbonyl (C=O) groups excluding carboxylic acids is 1. The molecule has 0 aliphatic heterocycles. The SMILES string of the molecule is Cc1ccc(C(C)NC(=O)C2CC=CCC2C(=O)O)s1. The van der Waals surface area contributed by atoms with E-state index in [-0.39, 0.29) is 11.9 Å². The molecular formula is C15H19NO3S. The van der Waals surface area contributed by atoms with Crippen molar-refractivity contribution in [1.29, 1.82) is 0 Å². The second kappa shape index (κ2) is 6.22. The van der Waals surface area contributed by atoms with Gasteiger partial charge in [-0.25, -0.2) is 0 Å². The van der Waals surface area contributed by atoms with Gasteiger partial charge < -0.3 is 10.4 Å². The lowest BCUT2D eigenvalue weighted by Crippen LogP contribution is -2.39. The highest BCUT2D eigenvalue weighted by Crippen LogP contribution is 2.28. The van der Waals surface area contributed by atoms with Crippen LogP contribution in [-0.4, -0.2) is 17.0 Å². The molecule has 0 aromatic carbocycles. The first-order chi connectivity index (χ1) is 9.49. The molecule has 3 atom stereocenters. The van der Waals surface area contributed by atoms with Crippen LogP contribution in [0.25, 0.3) is 0 Å². The number of hydrogen-bond acceptors (Lipinski definition) is 3. The van der Waals surface area contributed by atoms with E-state index in [9.17, 15) is 14.7 Å². The summed E-state index contributed by atoms with van der Waals surface area (Å²) in [6.07, 6.45) is 4.66. The number of carbonyl (C=O) groups is 2. The minimum Gasteiger partial charge on any atom is -0.481 e. The van der Waals surface area contributed by atoms with Gasteiger partial charge in [-0.2, -0.15) is 0 Å². The summed E-state index contributed by atoms with van der Waals surface area (Å²) < 4.78 is 0. The molecule has 1 amide bonds. The van der Waals surface area contributed by atoms with Crippen molar-refractivity contribution in [2.45, 2.75) is 32.7 Å². The highest BCUT2D eigenvalue weighted by Gasteiger charge is 2.34. The van der Waals surface area contributed by atoms with Crippen molar-refractivity contribution in [2.24, 2.45) is 11.8 Å². The van der Waals surface area contributed by atoms with Gasteiger partial charge in [-0.3, -0.25) is 9.59 Å². The zero-order chi connectivity index (χ0) is 14.7. The number of carboxylic acids is 1. The first-order valence-corrected chi connectivity index (χ1v) is 7.55. The summed E-state index contributed by atoms with van der Waals surface area (Å²) in [5.41, 5.74) is 0. The van der Waals surface area contributed by atoms with Gasteiger partial charge >= 0.3 is 5.97 Å². The van der Waals surface area contributed by atoms with Crippen LogP contribution in [0.1, 0.15) is 35.6 Å². The van der Waals surface area contributed by atoms with Crippen molar-refractivity contribution >= 4 is 23.2 Å². The predicted molar refractivity (Wildman–Crippen MR) is 78.6 cm³/mol. The van der Waals surface area contributed by atoms with Gasteiger partial charge in [-0.15, -0.1) is 11.3 Å². The number of thiophene rings is 1. The van der Waals surface area contributed by atoms with Gasteiger partial charge in [0.25, 0.3) is 0 Å². The second-order valence-corrected chi connectivity index (χ2v) is 6.49. The molecule has 0 saturated heterocycles. The molecule has 20 heavy (non-hydrogen) atoms. The largest absolute Gasteiger partial charge is 0.481 e. The first kappa shape index (κ1) is 14.8. The summed E-state index contributed by atoms with van der Waals surface area (Å²) in [5.74, 6) is -2.15. The van der Waals surface area contributed by atoms with E-state index in [4.69, 9.17) is 0 Å². The van der Waals surface area contributed by atoms with Crippen molar-refractivity contribution in [3.63, 3.8) is 0 Å². The molecule has 0 bridgehead atoms. The van der Waals surface area contributed by atoms with Crippen LogP contribution in [0.15, 0.2) is 24.3 Å². The van der Waals surface area contributed by atoms with E-state index in [1.165, 1.54) is 4.88 Å². The smallest absolute Gasteiger partial charge is 0.307 e. The zero-order valence-electron chi connectivity index (χ0n) is 11.6. The number of nitrogens with one attached hydrogen (secondary N) is 1. The second-order valence-electron chi connectivity index (χ2n) is 5.17. The molecule has 1 aliphatic carbocycles. The summed E-state index contributed by atoms with van der Waals surface area (Å²) in [6.45, 7) is 3.95. The Balaban J connectivity index is 2.03. The first-order valence-electron chi connectivity index (χ1n) is 6.73. The van der Waals surface area contributed by atoms with E-state index >= 15 is 0 Å². The van der Waals surface area contributed by atoms with E-state index in [0.717, 1.165) is 4.88 Å². The Hall–Kier alpha value is -1.62. The van der Waals surface area contributed by atoms with Gasteiger partial charge in [-0.05, 0) is 38.8 Å². The van der Waals surface area contributed by atoms with Crippen LogP contribution >= 0.6 is 11.3 Å². The fourth-order valence-electron chi connectivity index (χ4n) is 2.45. The number of carboxylic acid groups (broad SMARTS) is 1. The minimum absolute atomic E-state index is 0.0819. The normalized spacial score (nSPS) is 23.3. The molecular weight excluding hydrogens is 274 g/mol. The van der Waals surface area contributed by atoms with Gasteiger partial charge in [-0.1, -0.05) is 12.2 Å². The van der Waals surface area contributed by atoms with E-state index in [1.54, 1.807) is 11.3 Å². The average molecular weight is 293 g/mol. The lowest BCUT2D eigenvalue weighted by atomic mass is 9.82. The van der Waals surface area contributed by atoms with Gasteiger partial charge in [0.15, 0.2) is 0 Å². The molecule has 2 N–H and O–H groups in total. The number of rotatable bonds is 4. The Labute approximate surface area is 122 Å². The van der Waals surface area contributed by atoms with Gasteiger partial charge in [0, 0.05) is 9.75 Å². The molecule has 1 heterocycles. The third kappa shape index (κ3) is 3.28. The molecule has 0 radical (unpaired) electrons. The van der Waals surface area contributed by atoms with Crippen molar-refractivity contribution in [1.82, 2.24) is 5.32 Å². The maximum Gasteiger partial charge on any atom is 0.307 e. The molecule has 5 heteroatoms. The number of allylic oxidation sites excluding steroid dienone is 2. The van der Waals surface area contributed by atoms with Gasteiger partial charge in [0.2, 0.25) is 5.91 Å². The van der Waals surface area contributed by atoms with Crippen LogP contribution in [0, 0.1) is 18.8 Å². The fraction of sp³-hybridized carbons (Fsp3) is 0.467. The summed E-state index contributed by atoms with van der Waals surface area (Å²) in [4.78, 5) is 25.8. The van der Waals surface area contributed by atoms with E-state index < -0.39 is 17.8 Å². The topological polar surface area (TPSA) is 66.4 Å². The van der Waals surface area contributed by atoms with Gasteiger partial charge in [0.05, 0.1) is 17.9 Å². The van der Waals surface area contributed by atoms with E-state index in [1.807, 2.05) is 38.1 Å². The Bertz CT molecular complexity index is 535. The Morgan fingerprint density at radius 3 is 2.50 bits per heavy atom. The van der Waals surface area contributed by atoms with E-state index in [2.05, 4.69) is 5.32 Å². The van der Waals surface area contributed by atoms with Crippen LogP contribution in [-0.2, 0) is 9.59 Å². The molecule has 0 spiro atoms. The maximum atomic E-state index is 12.3. The van der Waals surface area contributed by atoms with Crippen LogP contribution in [0.3, 0.4) is 0 Å². The standard InChI is InChI=1S/C15H19NO3S/c1-9-7-8-13(20-9)10(2)16-14(17)11-5-3-4-6-12(11)15(18)19/h3-4,7-8,10-12H,5-6H2,1-2H3,(H,16,17)(H,18,19). The highest BCUT2D eigenvalue weighted by molar-refractivity contribution is 7.12. The Kier molecular flexibility index (Phi) is 4.60. The molecule has 4 nitrogen and oxygen atoms in total. The molecule has 1 aromatic heterocycles. The molecule has 3 unspecified atom stereocenters. The number of amides is 1. The third-order valence-corrected chi connectivity index (χ3v) is 4.82. The monoisotopic (exact) mass is 293 g/mol. The molecule has 0 fully saturated rings. The van der Waals surface area contributed by atoms with Crippen LogP contribution in [0.2, 0.25) is 0 Å². The molecule has 2 rings (SSSR count). The summed E-state index contributed by atoms with van der Waals surface area (Å²) in [6, 6.07) is 3.94. The maximum absolute atomic E-state index is 12.3. The molecule has 1 aliphatic rings. The average Bonchev–Trinajstić information content (AvgIpc) is 2.85. The quantitative estimate of drug-likeness (QED) is 0.839. The summed E-state index contributed by atoms with van der Waals surface area (Å²) in [7, 11) is 0. The minimum atomic E-state index is -0.894. The Morgan fingerprint density at radius 1 is 1.30 bits per heavy atom. The van der Waals surface area contributed by atoms with Crippen LogP contribution < -0.4 is 5.32 Å². The van der Waals surface area contributed by atoms with Crippen molar-refractivity contribution in [3.05, 3.63) is 34.0 Å². The van der Waals surface area contributed by atoms with Crippen LogP contribution in [0.5, 0.6) is 0 Å². The number of hydrogen-bond donors (Lipinski definition) is 2. The molecule has 0 saturated carbocycles. The third-order valence-electron chi connectivity index (χ3n) is 3.63. The van der Waals surface area contributed by atoms with Crippen molar-refractivity contribution < 1.29 is 14.7 Å². The predicted octanol–water partition coefficient (Wildman–Crippen LogP) is 2.90. The van der Waals surface area contributed by atoms with Gasteiger partial charge in [0.1, 0.15) is 0 Å². The number of aliphatic carboxylic acids is 1. The Morgan fingerprint density at radius 2 is 1.95 bits per heavy atom.